The molecular formula is C13H8N4O2S. The molecule has 0 atom stereocenters. The summed E-state index contributed by atoms with van der Waals surface area (Å²) >= 11 is 1.34. The van der Waals surface area contributed by atoms with Gasteiger partial charge in [0.1, 0.15) is 4.88 Å². The van der Waals surface area contributed by atoms with Crippen LogP contribution in [0.15, 0.2) is 41.9 Å². The van der Waals surface area contributed by atoms with Crippen molar-refractivity contribution in [3.8, 4) is 10.6 Å². The van der Waals surface area contributed by atoms with Crippen molar-refractivity contribution >= 4 is 33.8 Å². The van der Waals surface area contributed by atoms with Crippen LogP contribution in [0, 0.1) is 10.1 Å². The first-order chi connectivity index (χ1) is 9.74. The van der Waals surface area contributed by atoms with Crippen LogP contribution in [-0.2, 0) is 0 Å². The molecule has 1 N–H and O–H groups in total. The number of fused-ring (bicyclic) bond motifs is 3. The minimum atomic E-state index is -0.368. The van der Waals surface area contributed by atoms with Gasteiger partial charge in [-0.2, -0.15) is 0 Å². The summed E-state index contributed by atoms with van der Waals surface area (Å²) in [5.74, 6) is 0.684. The highest BCUT2D eigenvalue weighted by atomic mass is 32.1. The Morgan fingerprint density at radius 1 is 1.30 bits per heavy atom. The average Bonchev–Trinajstić information content (AvgIpc) is 3.11. The minimum absolute atomic E-state index is 0.115. The third-order valence-corrected chi connectivity index (χ3v) is 4.12. The molecule has 0 radical (unpaired) electrons. The first-order valence-electron chi connectivity index (χ1n) is 5.92. The SMILES string of the molecule is O=[N+]([O-])c1ccsc1-c1cn2c(nc3ccccc32)[nH]1. The molecule has 0 saturated carbocycles. The van der Waals surface area contributed by atoms with Gasteiger partial charge in [0.15, 0.2) is 0 Å². The van der Waals surface area contributed by atoms with Gasteiger partial charge in [-0.15, -0.1) is 11.3 Å². The topological polar surface area (TPSA) is 76.2 Å². The predicted molar refractivity (Wildman–Crippen MR) is 77.0 cm³/mol. The highest BCUT2D eigenvalue weighted by Crippen LogP contribution is 2.35. The van der Waals surface area contributed by atoms with E-state index in [0.717, 1.165) is 11.0 Å². The summed E-state index contributed by atoms with van der Waals surface area (Å²) < 4.78 is 1.91. The van der Waals surface area contributed by atoms with Crippen molar-refractivity contribution < 1.29 is 4.92 Å². The predicted octanol–water partition coefficient (Wildman–Crippen LogP) is 3.45. The van der Waals surface area contributed by atoms with Crippen LogP contribution in [0.4, 0.5) is 5.69 Å². The molecular weight excluding hydrogens is 276 g/mol. The molecule has 0 unspecified atom stereocenters. The molecule has 0 aliphatic carbocycles. The number of nitro groups is 1. The number of benzene rings is 1. The highest BCUT2D eigenvalue weighted by Gasteiger charge is 2.19. The van der Waals surface area contributed by atoms with Crippen LogP contribution < -0.4 is 0 Å². The zero-order valence-corrected chi connectivity index (χ0v) is 10.9. The number of thiophene rings is 1. The number of aromatic amines is 1. The number of para-hydroxylation sites is 2. The molecule has 0 fully saturated rings. The van der Waals surface area contributed by atoms with E-state index in [1.165, 1.54) is 17.4 Å². The normalized spacial score (nSPS) is 11.4. The summed E-state index contributed by atoms with van der Waals surface area (Å²) in [7, 11) is 0. The highest BCUT2D eigenvalue weighted by molar-refractivity contribution is 7.14. The lowest BCUT2D eigenvalue weighted by molar-refractivity contribution is -0.383. The molecule has 0 aliphatic heterocycles. The van der Waals surface area contributed by atoms with E-state index in [4.69, 9.17) is 0 Å². The summed E-state index contributed by atoms with van der Waals surface area (Å²) in [6.07, 6.45) is 1.85. The maximum absolute atomic E-state index is 11.0. The van der Waals surface area contributed by atoms with Crippen LogP contribution in [0.5, 0.6) is 0 Å². The zero-order chi connectivity index (χ0) is 13.7. The number of aromatic nitrogens is 3. The second kappa shape index (κ2) is 3.91. The summed E-state index contributed by atoms with van der Waals surface area (Å²) in [5, 5.41) is 12.7. The van der Waals surface area contributed by atoms with E-state index in [2.05, 4.69) is 9.97 Å². The lowest BCUT2D eigenvalue weighted by Crippen LogP contribution is -1.87. The van der Waals surface area contributed by atoms with Gasteiger partial charge >= 0.3 is 0 Å². The van der Waals surface area contributed by atoms with Crippen molar-refractivity contribution in [3.05, 3.63) is 52.0 Å². The second-order valence-electron chi connectivity index (χ2n) is 4.35. The molecule has 98 valence electrons. The third kappa shape index (κ3) is 1.47. The number of nitrogens with one attached hydrogen (secondary N) is 1. The summed E-state index contributed by atoms with van der Waals surface area (Å²) in [6.45, 7) is 0. The Kier molecular flexibility index (Phi) is 2.19. The number of hydrogen-bond acceptors (Lipinski definition) is 4. The third-order valence-electron chi connectivity index (χ3n) is 3.19. The van der Waals surface area contributed by atoms with E-state index in [1.54, 1.807) is 5.38 Å². The van der Waals surface area contributed by atoms with Crippen LogP contribution in [0.25, 0.3) is 27.4 Å². The molecule has 4 aromatic rings. The fourth-order valence-corrected chi connectivity index (χ4v) is 3.14. The van der Waals surface area contributed by atoms with Crippen molar-refractivity contribution in [2.45, 2.75) is 0 Å². The molecule has 4 rings (SSSR count). The van der Waals surface area contributed by atoms with Gasteiger partial charge in [-0.25, -0.2) is 4.98 Å². The fourth-order valence-electron chi connectivity index (χ4n) is 2.31. The van der Waals surface area contributed by atoms with E-state index in [9.17, 15) is 10.1 Å². The summed E-state index contributed by atoms with van der Waals surface area (Å²) in [5.41, 5.74) is 2.69. The van der Waals surface area contributed by atoms with Crippen molar-refractivity contribution in [2.75, 3.05) is 0 Å². The van der Waals surface area contributed by atoms with Gasteiger partial charge in [0.05, 0.1) is 21.7 Å². The molecule has 3 heterocycles. The smallest absolute Gasteiger partial charge is 0.289 e. The number of nitrogens with zero attached hydrogens (tertiary/aromatic N) is 3. The fraction of sp³-hybridized carbons (Fsp3) is 0. The molecule has 0 saturated heterocycles. The van der Waals surface area contributed by atoms with Gasteiger partial charge in [-0.05, 0) is 17.5 Å². The van der Waals surface area contributed by atoms with Gasteiger partial charge in [0.2, 0.25) is 5.78 Å². The first kappa shape index (κ1) is 11.2. The number of H-pyrrole nitrogens is 1. The average molecular weight is 284 g/mol. The van der Waals surface area contributed by atoms with Gasteiger partial charge in [-0.3, -0.25) is 14.5 Å². The molecule has 0 aliphatic rings. The van der Waals surface area contributed by atoms with Crippen LogP contribution in [0.1, 0.15) is 0 Å². The van der Waals surface area contributed by atoms with Crippen LogP contribution in [0.2, 0.25) is 0 Å². The van der Waals surface area contributed by atoms with Gasteiger partial charge in [0, 0.05) is 12.3 Å². The Morgan fingerprint density at radius 3 is 3.00 bits per heavy atom. The minimum Gasteiger partial charge on any atom is -0.323 e. The Hall–Kier alpha value is -2.67. The lowest BCUT2D eigenvalue weighted by Gasteiger charge is -1.92. The van der Waals surface area contributed by atoms with Gasteiger partial charge in [-0.1, -0.05) is 12.1 Å². The van der Waals surface area contributed by atoms with Crippen LogP contribution in [-0.4, -0.2) is 19.3 Å². The van der Waals surface area contributed by atoms with E-state index < -0.39 is 0 Å². The van der Waals surface area contributed by atoms with Gasteiger partial charge < -0.3 is 4.98 Å². The number of rotatable bonds is 2. The zero-order valence-electron chi connectivity index (χ0n) is 10.1. The molecule has 3 aromatic heterocycles. The van der Waals surface area contributed by atoms with Crippen molar-refractivity contribution in [1.29, 1.82) is 0 Å². The van der Waals surface area contributed by atoms with Crippen molar-refractivity contribution in [3.63, 3.8) is 0 Å². The van der Waals surface area contributed by atoms with Crippen LogP contribution in [0.3, 0.4) is 0 Å². The lowest BCUT2D eigenvalue weighted by atomic mass is 10.3. The van der Waals surface area contributed by atoms with E-state index in [-0.39, 0.29) is 10.6 Å². The molecule has 1 aromatic carbocycles. The molecule has 0 spiro atoms. The summed E-state index contributed by atoms with van der Waals surface area (Å²) in [6, 6.07) is 9.29. The Bertz CT molecular complexity index is 950. The molecule has 20 heavy (non-hydrogen) atoms. The number of imidazole rings is 2. The van der Waals surface area contributed by atoms with E-state index in [0.29, 0.717) is 16.3 Å². The van der Waals surface area contributed by atoms with Crippen LogP contribution >= 0.6 is 11.3 Å². The first-order valence-corrected chi connectivity index (χ1v) is 6.80. The van der Waals surface area contributed by atoms with E-state index in [1.807, 2.05) is 34.9 Å². The Balaban J connectivity index is 1.97. The molecule has 0 bridgehead atoms. The van der Waals surface area contributed by atoms with Crippen molar-refractivity contribution in [2.24, 2.45) is 0 Å². The second-order valence-corrected chi connectivity index (χ2v) is 5.27. The maximum atomic E-state index is 11.0. The molecule has 6 nitrogen and oxygen atoms in total. The molecule has 7 heteroatoms. The maximum Gasteiger partial charge on any atom is 0.289 e. The van der Waals surface area contributed by atoms with E-state index >= 15 is 0 Å². The molecule has 0 amide bonds. The number of hydrogen-bond donors (Lipinski definition) is 1. The standard InChI is InChI=1S/C13H8N4O2S/c18-17(19)11-5-6-20-12(11)9-7-16-10-4-2-1-3-8(10)14-13(16)15-9/h1-7H,(H,14,15). The largest absolute Gasteiger partial charge is 0.323 e. The quantitative estimate of drug-likeness (QED) is 0.452. The van der Waals surface area contributed by atoms with Crippen molar-refractivity contribution in [1.82, 2.24) is 14.4 Å². The Labute approximate surface area is 116 Å². The monoisotopic (exact) mass is 284 g/mol. The van der Waals surface area contributed by atoms with Gasteiger partial charge in [0.25, 0.3) is 5.69 Å². The summed E-state index contributed by atoms with van der Waals surface area (Å²) in [4.78, 5) is 18.8. The Morgan fingerprint density at radius 2 is 2.15 bits per heavy atom.